The average Bonchev–Trinajstić information content (AvgIpc) is 3.27. The lowest BCUT2D eigenvalue weighted by Gasteiger charge is -2.31. The van der Waals surface area contributed by atoms with E-state index in [1.807, 2.05) is 6.07 Å². The van der Waals surface area contributed by atoms with E-state index in [0.717, 1.165) is 31.8 Å². The Bertz CT molecular complexity index is 890. The Morgan fingerprint density at radius 2 is 2.00 bits per heavy atom. The molecule has 0 spiro atoms. The number of hydrogen-bond acceptors (Lipinski definition) is 7. The van der Waals surface area contributed by atoms with E-state index in [1.54, 1.807) is 20.4 Å². The summed E-state index contributed by atoms with van der Waals surface area (Å²) in [7, 11) is 4.79. The summed E-state index contributed by atoms with van der Waals surface area (Å²) >= 11 is 0. The third kappa shape index (κ3) is 3.53. The molecule has 1 aliphatic carbocycles. The molecule has 156 valence electrons. The lowest BCUT2D eigenvalue weighted by molar-refractivity contribution is -0.00973. The second kappa shape index (κ2) is 7.80. The van der Waals surface area contributed by atoms with Crippen molar-refractivity contribution in [3.8, 4) is 17.6 Å². The number of likely N-dealkylation sites (tertiary alicyclic amines) is 1. The number of rotatable bonds is 6. The van der Waals surface area contributed by atoms with E-state index >= 15 is 0 Å². The van der Waals surface area contributed by atoms with Crippen LogP contribution in [0, 0.1) is 18.8 Å². The van der Waals surface area contributed by atoms with Crippen molar-refractivity contribution in [1.82, 2.24) is 14.9 Å². The SMILES string of the molecule is COc1ncc([C@]2(O)CC[C@H]3CN(Cc4cc(C)ccc4OC)C[C@@H]32)c(OC)n1. The number of hydrogen-bond donors (Lipinski definition) is 1. The first-order valence-electron chi connectivity index (χ1n) is 10.0. The van der Waals surface area contributed by atoms with Crippen LogP contribution in [0.3, 0.4) is 0 Å². The number of benzene rings is 1. The van der Waals surface area contributed by atoms with Gasteiger partial charge in [-0.1, -0.05) is 17.7 Å². The molecule has 2 aliphatic rings. The maximum Gasteiger partial charge on any atom is 0.319 e. The summed E-state index contributed by atoms with van der Waals surface area (Å²) in [5.74, 6) is 1.85. The molecule has 1 aromatic heterocycles. The predicted molar refractivity (Wildman–Crippen MR) is 108 cm³/mol. The molecule has 1 aromatic carbocycles. The van der Waals surface area contributed by atoms with Gasteiger partial charge in [0.2, 0.25) is 5.88 Å². The van der Waals surface area contributed by atoms with Crippen molar-refractivity contribution in [2.45, 2.75) is 31.9 Å². The standard InChI is InChI=1S/C22H29N3O4/c1-14-5-6-19(27-2)16(9-14)12-25-11-15-7-8-22(26,18(15)13-25)17-10-23-21(29-4)24-20(17)28-3/h5-6,9-10,15,18,26H,7-8,11-13H2,1-4H3/t15-,18-,22+/m0/s1. The van der Waals surface area contributed by atoms with Crippen LogP contribution in [-0.4, -0.2) is 54.4 Å². The molecule has 7 heteroatoms. The summed E-state index contributed by atoms with van der Waals surface area (Å²) in [5.41, 5.74) is 2.06. The van der Waals surface area contributed by atoms with E-state index in [4.69, 9.17) is 14.2 Å². The molecule has 1 aliphatic heterocycles. The van der Waals surface area contributed by atoms with Crippen LogP contribution in [0.5, 0.6) is 17.6 Å². The topological polar surface area (TPSA) is 76.9 Å². The Morgan fingerprint density at radius 1 is 1.17 bits per heavy atom. The van der Waals surface area contributed by atoms with E-state index < -0.39 is 5.60 Å². The summed E-state index contributed by atoms with van der Waals surface area (Å²) in [6.45, 7) is 4.68. The zero-order valence-corrected chi connectivity index (χ0v) is 17.5. The first-order chi connectivity index (χ1) is 14.0. The van der Waals surface area contributed by atoms with Crippen LogP contribution in [0.2, 0.25) is 0 Å². The normalized spacial score (nSPS) is 26.4. The molecular weight excluding hydrogens is 370 g/mol. The van der Waals surface area contributed by atoms with E-state index in [2.05, 4.69) is 33.9 Å². The highest BCUT2D eigenvalue weighted by Crippen LogP contribution is 2.52. The van der Waals surface area contributed by atoms with Crippen LogP contribution in [-0.2, 0) is 12.1 Å². The summed E-state index contributed by atoms with van der Waals surface area (Å²) < 4.78 is 16.1. The van der Waals surface area contributed by atoms with Gasteiger partial charge in [0.25, 0.3) is 0 Å². The summed E-state index contributed by atoms with van der Waals surface area (Å²) in [4.78, 5) is 10.9. The van der Waals surface area contributed by atoms with E-state index in [9.17, 15) is 5.11 Å². The molecule has 4 rings (SSSR count). The number of aryl methyl sites for hydroxylation is 1. The largest absolute Gasteiger partial charge is 0.496 e. The Hall–Kier alpha value is -2.38. The molecule has 2 fully saturated rings. The predicted octanol–water partition coefficient (Wildman–Crippen LogP) is 2.54. The third-order valence-corrected chi connectivity index (χ3v) is 6.43. The van der Waals surface area contributed by atoms with Gasteiger partial charge in [-0.3, -0.25) is 4.90 Å². The highest BCUT2D eigenvalue weighted by molar-refractivity contribution is 5.37. The Kier molecular flexibility index (Phi) is 5.36. The highest BCUT2D eigenvalue weighted by Gasteiger charge is 2.53. The van der Waals surface area contributed by atoms with Gasteiger partial charge in [-0.05, 0) is 31.7 Å². The maximum atomic E-state index is 11.7. The number of ether oxygens (including phenoxy) is 3. The van der Waals surface area contributed by atoms with Gasteiger partial charge in [-0.15, -0.1) is 0 Å². The summed E-state index contributed by atoms with van der Waals surface area (Å²) in [6, 6.07) is 6.51. The van der Waals surface area contributed by atoms with Crippen LogP contribution in [0.15, 0.2) is 24.4 Å². The fraction of sp³-hybridized carbons (Fsp3) is 0.545. The maximum absolute atomic E-state index is 11.7. The number of nitrogens with zero attached hydrogens (tertiary/aromatic N) is 3. The Labute approximate surface area is 171 Å². The number of aromatic nitrogens is 2. The minimum absolute atomic E-state index is 0.115. The van der Waals surface area contributed by atoms with Crippen LogP contribution < -0.4 is 14.2 Å². The zero-order valence-electron chi connectivity index (χ0n) is 17.5. The minimum atomic E-state index is -0.992. The number of aliphatic hydroxyl groups is 1. The molecule has 0 unspecified atom stereocenters. The lowest BCUT2D eigenvalue weighted by Crippen LogP contribution is -2.35. The average molecular weight is 399 g/mol. The van der Waals surface area contributed by atoms with Gasteiger partial charge in [-0.25, -0.2) is 4.98 Å². The molecule has 1 saturated heterocycles. The second-order valence-corrected chi connectivity index (χ2v) is 8.12. The van der Waals surface area contributed by atoms with Crippen molar-refractivity contribution in [2.75, 3.05) is 34.4 Å². The molecule has 0 amide bonds. The summed E-state index contributed by atoms with van der Waals surface area (Å²) in [6.07, 6.45) is 3.31. The lowest BCUT2D eigenvalue weighted by atomic mass is 9.83. The van der Waals surface area contributed by atoms with Crippen molar-refractivity contribution >= 4 is 0 Å². The van der Waals surface area contributed by atoms with Crippen molar-refractivity contribution in [3.63, 3.8) is 0 Å². The molecule has 7 nitrogen and oxygen atoms in total. The van der Waals surface area contributed by atoms with E-state index in [1.165, 1.54) is 18.2 Å². The first kappa shape index (κ1) is 19.9. The number of methoxy groups -OCH3 is 3. The molecule has 1 saturated carbocycles. The molecule has 0 radical (unpaired) electrons. The van der Waals surface area contributed by atoms with Gasteiger partial charge >= 0.3 is 6.01 Å². The van der Waals surface area contributed by atoms with Crippen molar-refractivity contribution in [3.05, 3.63) is 41.1 Å². The van der Waals surface area contributed by atoms with Gasteiger partial charge in [0, 0.05) is 37.3 Å². The van der Waals surface area contributed by atoms with E-state index in [-0.39, 0.29) is 11.9 Å². The molecule has 0 bridgehead atoms. The molecular formula is C22H29N3O4. The van der Waals surface area contributed by atoms with Crippen LogP contribution >= 0.6 is 0 Å². The minimum Gasteiger partial charge on any atom is -0.496 e. The fourth-order valence-electron chi connectivity index (χ4n) is 5.02. The molecule has 2 heterocycles. The van der Waals surface area contributed by atoms with Gasteiger partial charge in [0.05, 0.1) is 26.9 Å². The monoisotopic (exact) mass is 399 g/mol. The van der Waals surface area contributed by atoms with Crippen LogP contribution in [0.1, 0.15) is 29.5 Å². The Balaban J connectivity index is 1.57. The van der Waals surface area contributed by atoms with Crippen molar-refractivity contribution < 1.29 is 19.3 Å². The smallest absolute Gasteiger partial charge is 0.319 e. The number of fused-ring (bicyclic) bond motifs is 1. The first-order valence-corrected chi connectivity index (χ1v) is 10.0. The van der Waals surface area contributed by atoms with Crippen LogP contribution in [0.25, 0.3) is 0 Å². The Morgan fingerprint density at radius 3 is 2.72 bits per heavy atom. The molecule has 1 N–H and O–H groups in total. The van der Waals surface area contributed by atoms with Gasteiger partial charge in [-0.2, -0.15) is 4.98 Å². The van der Waals surface area contributed by atoms with Gasteiger partial charge in [0.15, 0.2) is 0 Å². The van der Waals surface area contributed by atoms with Crippen molar-refractivity contribution in [1.29, 1.82) is 0 Å². The molecule has 29 heavy (non-hydrogen) atoms. The molecule has 2 aromatic rings. The van der Waals surface area contributed by atoms with E-state index in [0.29, 0.717) is 23.8 Å². The third-order valence-electron chi connectivity index (χ3n) is 6.43. The van der Waals surface area contributed by atoms with Gasteiger partial charge in [0.1, 0.15) is 11.4 Å². The van der Waals surface area contributed by atoms with Crippen molar-refractivity contribution in [2.24, 2.45) is 11.8 Å². The second-order valence-electron chi connectivity index (χ2n) is 8.12. The zero-order chi connectivity index (χ0) is 20.6. The fourth-order valence-corrected chi connectivity index (χ4v) is 5.02. The van der Waals surface area contributed by atoms with Gasteiger partial charge < -0.3 is 19.3 Å². The molecule has 3 atom stereocenters. The quantitative estimate of drug-likeness (QED) is 0.800. The summed E-state index contributed by atoms with van der Waals surface area (Å²) in [5, 5.41) is 11.7. The van der Waals surface area contributed by atoms with Crippen LogP contribution in [0.4, 0.5) is 0 Å². The highest BCUT2D eigenvalue weighted by atomic mass is 16.5.